The molecule has 0 amide bonds. The van der Waals surface area contributed by atoms with Gasteiger partial charge in [0.1, 0.15) is 11.4 Å². The van der Waals surface area contributed by atoms with Crippen LogP contribution in [0.4, 0.5) is 0 Å². The predicted octanol–water partition coefficient (Wildman–Crippen LogP) is 5.31. The molecule has 7 nitrogen and oxygen atoms in total. The average Bonchev–Trinajstić information content (AvgIpc) is 3.08. The topological polar surface area (TPSA) is 118 Å². The lowest BCUT2D eigenvalue weighted by atomic mass is 9.82. The number of ketones is 1. The Hall–Kier alpha value is -2.80. The lowest BCUT2D eigenvalue weighted by molar-refractivity contribution is -0.489. The molecule has 0 saturated heterocycles. The molecule has 1 aromatic rings. The highest BCUT2D eigenvalue weighted by atomic mass is 16.6. The molecule has 0 bridgehead atoms. The molecule has 186 valence electrons. The van der Waals surface area contributed by atoms with Crippen LogP contribution in [0.15, 0.2) is 54.6 Å². The summed E-state index contributed by atoms with van der Waals surface area (Å²) in [5, 5.41) is 31.5. The van der Waals surface area contributed by atoms with E-state index in [1.54, 1.807) is 6.08 Å². The van der Waals surface area contributed by atoms with E-state index in [4.69, 9.17) is 5.11 Å². The van der Waals surface area contributed by atoms with Gasteiger partial charge in [-0.2, -0.15) is 0 Å². The molecule has 0 spiro atoms. The summed E-state index contributed by atoms with van der Waals surface area (Å²) in [4.78, 5) is 34.3. The fourth-order valence-electron chi connectivity index (χ4n) is 4.74. The van der Waals surface area contributed by atoms with Gasteiger partial charge in [0.25, 0.3) is 0 Å². The first kappa shape index (κ1) is 27.4. The number of hydrogen-bond acceptors (Lipinski definition) is 5. The standard InChI is InChI=1S/C27H37NO6/c1-2-3-11-17-27(32,22-12-7-6-8-13-22)18-16-23-21(20-28(33)34)19-25(29)24(23)14-9-4-5-10-15-26(30)31/h4,6-9,12-13,16,18,21,23-24,32H,2-3,5,10-11,14-15,17,19-20H2,1H3,(H,30,31). The molecule has 0 heterocycles. The number of nitrogens with zero attached hydrogens (tertiary/aromatic N) is 1. The van der Waals surface area contributed by atoms with Crippen LogP contribution in [0.5, 0.6) is 0 Å². The normalized spacial score (nSPS) is 22.4. The Balaban J connectivity index is 2.22. The first-order valence-electron chi connectivity index (χ1n) is 12.3. The molecule has 4 unspecified atom stereocenters. The number of aliphatic carboxylic acids is 1. The van der Waals surface area contributed by atoms with Crippen LogP contribution in [0.3, 0.4) is 0 Å². The van der Waals surface area contributed by atoms with E-state index in [0.717, 1.165) is 24.8 Å². The predicted molar refractivity (Wildman–Crippen MR) is 131 cm³/mol. The van der Waals surface area contributed by atoms with Crippen molar-refractivity contribution >= 4 is 11.8 Å². The molecule has 1 fully saturated rings. The fourth-order valence-corrected chi connectivity index (χ4v) is 4.74. The highest BCUT2D eigenvalue weighted by molar-refractivity contribution is 5.84. The van der Waals surface area contributed by atoms with Gasteiger partial charge in [0.15, 0.2) is 0 Å². The second-order valence-electron chi connectivity index (χ2n) is 9.23. The number of hydrogen-bond donors (Lipinski definition) is 2. The minimum absolute atomic E-state index is 0.00548. The van der Waals surface area contributed by atoms with E-state index in [9.17, 15) is 24.8 Å². The lowest BCUT2D eigenvalue weighted by Crippen LogP contribution is -2.25. The summed E-state index contributed by atoms with van der Waals surface area (Å²) in [6, 6.07) is 9.40. The lowest BCUT2D eigenvalue weighted by Gasteiger charge is -2.27. The SMILES string of the molecule is CCCCCC(O)(C=CC1C(C[N+](=O)[O-])CC(=O)C1CC=CCCCC(=O)O)c1ccccc1. The van der Waals surface area contributed by atoms with Crippen LogP contribution in [-0.2, 0) is 15.2 Å². The molecule has 7 heteroatoms. The number of Topliss-reactive ketones (excluding diaryl/α,β-unsaturated/α-hetero) is 1. The van der Waals surface area contributed by atoms with E-state index < -0.39 is 17.5 Å². The molecular formula is C27H37NO6. The van der Waals surface area contributed by atoms with Gasteiger partial charge in [-0.25, -0.2) is 0 Å². The smallest absolute Gasteiger partial charge is 0.303 e. The second-order valence-corrected chi connectivity index (χ2v) is 9.23. The zero-order chi connectivity index (χ0) is 25.0. The maximum Gasteiger partial charge on any atom is 0.303 e. The number of rotatable bonds is 15. The summed E-state index contributed by atoms with van der Waals surface area (Å²) in [6.07, 6.45) is 12.6. The molecule has 0 aliphatic heterocycles. The Bertz CT molecular complexity index is 865. The third kappa shape index (κ3) is 8.52. The number of carboxylic acid groups (broad SMARTS) is 1. The number of carbonyl (C=O) groups excluding carboxylic acids is 1. The van der Waals surface area contributed by atoms with Crippen LogP contribution in [0.25, 0.3) is 0 Å². The molecule has 34 heavy (non-hydrogen) atoms. The number of aliphatic hydroxyl groups is 1. The van der Waals surface area contributed by atoms with Crippen LogP contribution in [-0.4, -0.2) is 33.4 Å². The zero-order valence-corrected chi connectivity index (χ0v) is 20.0. The number of allylic oxidation sites excluding steroid dienone is 3. The Labute approximate surface area is 201 Å². The molecule has 1 aromatic carbocycles. The van der Waals surface area contributed by atoms with Crippen molar-refractivity contribution in [3.05, 3.63) is 70.3 Å². The van der Waals surface area contributed by atoms with Crippen LogP contribution >= 0.6 is 0 Å². The highest BCUT2D eigenvalue weighted by Gasteiger charge is 2.43. The molecule has 2 rings (SSSR count). The van der Waals surface area contributed by atoms with Crippen molar-refractivity contribution in [1.29, 1.82) is 0 Å². The Morgan fingerprint density at radius 3 is 2.59 bits per heavy atom. The number of carbonyl (C=O) groups is 2. The maximum absolute atomic E-state index is 12.8. The van der Waals surface area contributed by atoms with E-state index >= 15 is 0 Å². The third-order valence-corrected chi connectivity index (χ3v) is 6.62. The van der Waals surface area contributed by atoms with Gasteiger partial charge in [-0.1, -0.05) is 74.4 Å². The third-order valence-electron chi connectivity index (χ3n) is 6.62. The van der Waals surface area contributed by atoms with Gasteiger partial charge < -0.3 is 10.2 Å². The number of benzene rings is 1. The largest absolute Gasteiger partial charge is 0.481 e. The van der Waals surface area contributed by atoms with Gasteiger partial charge >= 0.3 is 5.97 Å². The molecule has 0 radical (unpaired) electrons. The number of nitro groups is 1. The Morgan fingerprint density at radius 1 is 1.21 bits per heavy atom. The number of carboxylic acids is 1. The average molecular weight is 472 g/mol. The molecule has 0 aromatic heterocycles. The monoisotopic (exact) mass is 471 g/mol. The Morgan fingerprint density at radius 2 is 1.94 bits per heavy atom. The van der Waals surface area contributed by atoms with E-state index in [1.807, 2.05) is 48.6 Å². The van der Waals surface area contributed by atoms with Gasteiger partial charge in [0.2, 0.25) is 6.54 Å². The van der Waals surface area contributed by atoms with Gasteiger partial charge in [-0.15, -0.1) is 0 Å². The van der Waals surface area contributed by atoms with E-state index in [1.165, 1.54) is 0 Å². The van der Waals surface area contributed by atoms with Gasteiger partial charge in [-0.05, 0) is 43.6 Å². The van der Waals surface area contributed by atoms with Crippen molar-refractivity contribution in [2.75, 3.05) is 6.54 Å². The highest BCUT2D eigenvalue weighted by Crippen LogP contribution is 2.40. The molecule has 2 N–H and O–H groups in total. The summed E-state index contributed by atoms with van der Waals surface area (Å²) in [7, 11) is 0. The van der Waals surface area contributed by atoms with Crippen molar-refractivity contribution < 1.29 is 24.7 Å². The minimum atomic E-state index is -1.20. The van der Waals surface area contributed by atoms with Gasteiger partial charge in [0, 0.05) is 29.6 Å². The first-order valence-corrected chi connectivity index (χ1v) is 12.3. The van der Waals surface area contributed by atoms with Crippen molar-refractivity contribution in [1.82, 2.24) is 0 Å². The van der Waals surface area contributed by atoms with Crippen molar-refractivity contribution in [2.45, 2.75) is 70.3 Å². The van der Waals surface area contributed by atoms with Gasteiger partial charge in [-0.3, -0.25) is 19.7 Å². The molecule has 4 atom stereocenters. The molecular weight excluding hydrogens is 434 g/mol. The summed E-state index contributed by atoms with van der Waals surface area (Å²) >= 11 is 0. The van der Waals surface area contributed by atoms with Crippen LogP contribution in [0, 0.1) is 27.9 Å². The summed E-state index contributed by atoms with van der Waals surface area (Å²) in [5.41, 5.74) is -0.425. The van der Waals surface area contributed by atoms with Crippen molar-refractivity contribution in [3.8, 4) is 0 Å². The maximum atomic E-state index is 12.8. The van der Waals surface area contributed by atoms with E-state index in [2.05, 4.69) is 6.92 Å². The summed E-state index contributed by atoms with van der Waals surface area (Å²) in [5.74, 6) is -1.95. The van der Waals surface area contributed by atoms with E-state index in [-0.39, 0.29) is 41.9 Å². The van der Waals surface area contributed by atoms with E-state index in [0.29, 0.717) is 25.7 Å². The number of unbranched alkanes of at least 4 members (excludes halogenated alkanes) is 3. The van der Waals surface area contributed by atoms with Gasteiger partial charge in [0.05, 0.1) is 0 Å². The first-order chi connectivity index (χ1) is 16.3. The minimum Gasteiger partial charge on any atom is -0.481 e. The molecule has 1 saturated carbocycles. The molecule has 1 aliphatic carbocycles. The van der Waals surface area contributed by atoms with Crippen LogP contribution in [0.2, 0.25) is 0 Å². The molecule has 1 aliphatic rings. The zero-order valence-electron chi connectivity index (χ0n) is 20.0. The second kappa shape index (κ2) is 13.8. The van der Waals surface area contributed by atoms with Crippen LogP contribution < -0.4 is 0 Å². The van der Waals surface area contributed by atoms with Crippen LogP contribution in [0.1, 0.15) is 70.3 Å². The Kier molecular flexibility index (Phi) is 11.1. The van der Waals surface area contributed by atoms with Crippen molar-refractivity contribution in [3.63, 3.8) is 0 Å². The summed E-state index contributed by atoms with van der Waals surface area (Å²) in [6.45, 7) is 1.82. The van der Waals surface area contributed by atoms with Crippen molar-refractivity contribution in [2.24, 2.45) is 17.8 Å². The summed E-state index contributed by atoms with van der Waals surface area (Å²) < 4.78 is 0. The quantitative estimate of drug-likeness (QED) is 0.155. The fraction of sp³-hybridized carbons (Fsp3) is 0.556.